The third kappa shape index (κ3) is 1.68. The normalized spacial score (nSPS) is 10.6. The zero-order valence-electron chi connectivity index (χ0n) is 8.01. The summed E-state index contributed by atoms with van der Waals surface area (Å²) in [6.07, 6.45) is 0. The van der Waals surface area contributed by atoms with Gasteiger partial charge >= 0.3 is 0 Å². The highest BCUT2D eigenvalue weighted by Crippen LogP contribution is 2.30. The Labute approximate surface area is 91.1 Å². The third-order valence-corrected chi connectivity index (χ3v) is 2.53. The lowest BCUT2D eigenvalue weighted by Gasteiger charge is -2.04. The predicted molar refractivity (Wildman–Crippen MR) is 58.1 cm³/mol. The van der Waals surface area contributed by atoms with Gasteiger partial charge < -0.3 is 5.73 Å². The van der Waals surface area contributed by atoms with Gasteiger partial charge in [0, 0.05) is 11.6 Å². The fourth-order valence-corrected chi connectivity index (χ4v) is 1.64. The number of anilines is 1. The second kappa shape index (κ2) is 3.55. The number of benzene rings is 1. The summed E-state index contributed by atoms with van der Waals surface area (Å²) in [7, 11) is 0. The van der Waals surface area contributed by atoms with Crippen LogP contribution < -0.4 is 5.73 Å². The highest BCUT2D eigenvalue weighted by Gasteiger charge is 2.12. The SMILES string of the molecule is Cc1ccc(-c2cc(N)n[nH]2)c(Cl)c1F. The number of rotatable bonds is 1. The van der Waals surface area contributed by atoms with Gasteiger partial charge in [-0.25, -0.2) is 4.39 Å². The molecule has 0 aliphatic heterocycles. The first-order valence-corrected chi connectivity index (χ1v) is 4.73. The number of H-pyrrole nitrogens is 1. The molecule has 1 aromatic carbocycles. The lowest BCUT2D eigenvalue weighted by molar-refractivity contribution is 0.619. The summed E-state index contributed by atoms with van der Waals surface area (Å²) in [6, 6.07) is 5.00. The van der Waals surface area contributed by atoms with Crippen molar-refractivity contribution in [1.29, 1.82) is 0 Å². The zero-order valence-corrected chi connectivity index (χ0v) is 8.77. The molecule has 0 spiro atoms. The Bertz CT molecular complexity index is 507. The number of hydrogen-bond donors (Lipinski definition) is 2. The lowest BCUT2D eigenvalue weighted by atomic mass is 10.1. The monoisotopic (exact) mass is 225 g/mol. The van der Waals surface area contributed by atoms with Crippen LogP contribution in [0, 0.1) is 12.7 Å². The average Bonchev–Trinajstić information content (AvgIpc) is 2.61. The molecule has 0 saturated heterocycles. The molecule has 0 bridgehead atoms. The molecule has 0 atom stereocenters. The molecule has 2 aromatic rings. The molecule has 1 aromatic heterocycles. The molecule has 0 radical (unpaired) electrons. The van der Waals surface area contributed by atoms with Crippen molar-refractivity contribution in [3.05, 3.63) is 34.6 Å². The second-order valence-electron chi connectivity index (χ2n) is 3.26. The van der Waals surface area contributed by atoms with Gasteiger partial charge in [-0.05, 0) is 12.5 Å². The van der Waals surface area contributed by atoms with E-state index in [9.17, 15) is 4.39 Å². The molecule has 0 fully saturated rings. The minimum atomic E-state index is -0.415. The Kier molecular flexibility index (Phi) is 2.36. The Morgan fingerprint density at radius 3 is 2.80 bits per heavy atom. The molecule has 0 aliphatic rings. The molecular formula is C10H9ClFN3. The fraction of sp³-hybridized carbons (Fsp3) is 0.100. The van der Waals surface area contributed by atoms with Gasteiger partial charge in [0.1, 0.15) is 11.6 Å². The minimum Gasteiger partial charge on any atom is -0.382 e. The number of nitrogens with two attached hydrogens (primary N) is 1. The Balaban J connectivity index is 2.59. The fourth-order valence-electron chi connectivity index (χ4n) is 1.33. The summed E-state index contributed by atoms with van der Waals surface area (Å²) >= 11 is 5.88. The van der Waals surface area contributed by atoms with Gasteiger partial charge in [0.2, 0.25) is 0 Å². The number of aryl methyl sites for hydroxylation is 1. The molecule has 1 heterocycles. The van der Waals surface area contributed by atoms with Gasteiger partial charge in [-0.15, -0.1) is 0 Å². The first-order valence-electron chi connectivity index (χ1n) is 4.35. The van der Waals surface area contributed by atoms with Crippen molar-refractivity contribution < 1.29 is 4.39 Å². The molecule has 5 heteroatoms. The van der Waals surface area contributed by atoms with E-state index in [0.29, 0.717) is 22.6 Å². The first-order chi connectivity index (χ1) is 7.09. The second-order valence-corrected chi connectivity index (χ2v) is 3.64. The minimum absolute atomic E-state index is 0.0821. The van der Waals surface area contributed by atoms with Crippen LogP contribution in [0.25, 0.3) is 11.3 Å². The van der Waals surface area contributed by atoms with Crippen molar-refractivity contribution >= 4 is 17.4 Å². The summed E-state index contributed by atoms with van der Waals surface area (Å²) in [5, 5.41) is 6.52. The van der Waals surface area contributed by atoms with E-state index in [0.717, 1.165) is 0 Å². The molecule has 2 rings (SSSR count). The number of hydrogen-bond acceptors (Lipinski definition) is 2. The number of nitrogens with zero attached hydrogens (tertiary/aromatic N) is 1. The maximum Gasteiger partial charge on any atom is 0.145 e. The molecule has 0 aliphatic carbocycles. The number of nitrogen functional groups attached to an aromatic ring is 1. The topological polar surface area (TPSA) is 54.7 Å². The summed E-state index contributed by atoms with van der Waals surface area (Å²) in [5.74, 6) is -0.0654. The van der Waals surface area contributed by atoms with Crippen molar-refractivity contribution in [3.63, 3.8) is 0 Å². The summed E-state index contributed by atoms with van der Waals surface area (Å²) in [5.41, 5.74) is 7.13. The van der Waals surface area contributed by atoms with Gasteiger partial charge in [-0.2, -0.15) is 5.10 Å². The maximum absolute atomic E-state index is 13.5. The quantitative estimate of drug-likeness (QED) is 0.784. The largest absolute Gasteiger partial charge is 0.382 e. The molecule has 3 nitrogen and oxygen atoms in total. The van der Waals surface area contributed by atoms with Crippen LogP contribution >= 0.6 is 11.6 Å². The van der Waals surface area contributed by atoms with Gasteiger partial charge in [0.15, 0.2) is 0 Å². The molecule has 0 amide bonds. The standard InChI is InChI=1S/C10H9ClFN3/c1-5-2-3-6(9(11)10(5)12)7-4-8(13)15-14-7/h2-4H,1H3,(H3,13,14,15). The Morgan fingerprint density at radius 1 is 1.47 bits per heavy atom. The van der Waals surface area contributed by atoms with Crippen LogP contribution in [-0.2, 0) is 0 Å². The van der Waals surface area contributed by atoms with Crippen LogP contribution in [0.3, 0.4) is 0 Å². The van der Waals surface area contributed by atoms with E-state index in [1.54, 1.807) is 25.1 Å². The highest BCUT2D eigenvalue weighted by atomic mass is 35.5. The van der Waals surface area contributed by atoms with Crippen LogP contribution in [0.1, 0.15) is 5.56 Å². The van der Waals surface area contributed by atoms with E-state index >= 15 is 0 Å². The molecule has 0 unspecified atom stereocenters. The highest BCUT2D eigenvalue weighted by molar-refractivity contribution is 6.33. The third-order valence-electron chi connectivity index (χ3n) is 2.16. The molecule has 78 valence electrons. The average molecular weight is 226 g/mol. The van der Waals surface area contributed by atoms with Crippen molar-refractivity contribution in [2.75, 3.05) is 5.73 Å². The van der Waals surface area contributed by atoms with Crippen molar-refractivity contribution in [2.45, 2.75) is 6.92 Å². The molecule has 3 N–H and O–H groups in total. The smallest absolute Gasteiger partial charge is 0.145 e. The van der Waals surface area contributed by atoms with Gasteiger partial charge in [-0.1, -0.05) is 23.7 Å². The summed E-state index contributed by atoms with van der Waals surface area (Å²) in [6.45, 7) is 1.66. The van der Waals surface area contributed by atoms with Gasteiger partial charge in [0.05, 0.1) is 10.7 Å². The van der Waals surface area contributed by atoms with Crippen molar-refractivity contribution in [3.8, 4) is 11.3 Å². The van der Waals surface area contributed by atoms with E-state index in [1.165, 1.54) is 0 Å². The maximum atomic E-state index is 13.5. The van der Waals surface area contributed by atoms with E-state index in [-0.39, 0.29) is 5.02 Å². The summed E-state index contributed by atoms with van der Waals surface area (Å²) in [4.78, 5) is 0. The van der Waals surface area contributed by atoms with Gasteiger partial charge in [0.25, 0.3) is 0 Å². The first kappa shape index (κ1) is 9.98. The van der Waals surface area contributed by atoms with Crippen molar-refractivity contribution in [2.24, 2.45) is 0 Å². The molecule has 0 saturated carbocycles. The molecule has 15 heavy (non-hydrogen) atoms. The Hall–Kier alpha value is -1.55. The van der Waals surface area contributed by atoms with Crippen LogP contribution in [0.2, 0.25) is 5.02 Å². The van der Waals surface area contributed by atoms with Crippen LogP contribution in [-0.4, -0.2) is 10.2 Å². The lowest BCUT2D eigenvalue weighted by Crippen LogP contribution is -1.88. The zero-order chi connectivity index (χ0) is 11.0. The molecular weight excluding hydrogens is 217 g/mol. The summed E-state index contributed by atoms with van der Waals surface area (Å²) < 4.78 is 13.5. The van der Waals surface area contributed by atoms with E-state index < -0.39 is 5.82 Å². The number of nitrogens with one attached hydrogen (secondary N) is 1. The van der Waals surface area contributed by atoms with Crippen LogP contribution in [0.5, 0.6) is 0 Å². The predicted octanol–water partition coefficient (Wildman–Crippen LogP) is 2.76. The van der Waals surface area contributed by atoms with Crippen LogP contribution in [0.15, 0.2) is 18.2 Å². The van der Waals surface area contributed by atoms with Crippen LogP contribution in [0.4, 0.5) is 10.2 Å². The van der Waals surface area contributed by atoms with E-state index in [4.69, 9.17) is 17.3 Å². The van der Waals surface area contributed by atoms with Gasteiger partial charge in [-0.3, -0.25) is 5.10 Å². The van der Waals surface area contributed by atoms with E-state index in [1.807, 2.05) is 0 Å². The number of halogens is 2. The number of aromatic amines is 1. The number of aromatic nitrogens is 2. The van der Waals surface area contributed by atoms with Crippen molar-refractivity contribution in [1.82, 2.24) is 10.2 Å². The van der Waals surface area contributed by atoms with E-state index in [2.05, 4.69) is 10.2 Å². The Morgan fingerprint density at radius 2 is 2.20 bits per heavy atom.